The molecule has 8 nitrogen and oxygen atoms in total. The number of nitriles is 1. The van der Waals surface area contributed by atoms with Crippen LogP contribution in [-0.4, -0.2) is 61.7 Å². The molecule has 238 valence electrons. The van der Waals surface area contributed by atoms with Crippen LogP contribution in [0.4, 0.5) is 4.79 Å². The second-order valence-electron chi connectivity index (χ2n) is 15.1. The van der Waals surface area contributed by atoms with E-state index < -0.39 is 13.0 Å². The molecule has 2 bridgehead atoms. The molecule has 2 saturated heterocycles. The lowest BCUT2D eigenvalue weighted by Gasteiger charge is -2.64. The number of rotatable bonds is 5. The van der Waals surface area contributed by atoms with Gasteiger partial charge in [-0.05, 0) is 80.6 Å². The van der Waals surface area contributed by atoms with Crippen molar-refractivity contribution >= 4 is 19.1 Å². The van der Waals surface area contributed by atoms with E-state index in [4.69, 9.17) is 14.6 Å². The van der Waals surface area contributed by atoms with E-state index in [2.05, 4.69) is 71.2 Å². The third kappa shape index (κ3) is 8.98. The number of nitrogens with one attached hydrogen (secondary N) is 2. The van der Waals surface area contributed by atoms with Gasteiger partial charge in [0.15, 0.2) is 0 Å². The van der Waals surface area contributed by atoms with E-state index in [9.17, 15) is 9.59 Å². The molecule has 4 unspecified atom stereocenters. The van der Waals surface area contributed by atoms with Gasteiger partial charge in [0.1, 0.15) is 5.92 Å². The minimum absolute atomic E-state index is 0.00259. The van der Waals surface area contributed by atoms with Crippen LogP contribution >= 0.6 is 0 Å². The maximum Gasteiger partial charge on any atom is 0.482 e. The monoisotopic (exact) mass is 594 g/mol. The molecule has 0 aromatic heterocycles. The quantitative estimate of drug-likeness (QED) is 0.407. The van der Waals surface area contributed by atoms with Crippen molar-refractivity contribution in [2.24, 2.45) is 28.6 Å². The van der Waals surface area contributed by atoms with Crippen LogP contribution in [0.15, 0.2) is 30.3 Å². The molecular weight excluding hydrogens is 539 g/mol. The van der Waals surface area contributed by atoms with E-state index in [1.165, 1.54) is 12.8 Å². The molecule has 0 spiro atoms. The van der Waals surface area contributed by atoms with Crippen LogP contribution in [0, 0.1) is 39.9 Å². The Kier molecular flexibility index (Phi) is 11.8. The minimum Gasteiger partial charge on any atom is -0.404 e. The number of piperidine rings is 1. The van der Waals surface area contributed by atoms with Gasteiger partial charge in [0.25, 0.3) is 0 Å². The third-order valence-corrected chi connectivity index (χ3v) is 9.37. The van der Waals surface area contributed by atoms with Crippen molar-refractivity contribution in [2.45, 2.75) is 112 Å². The van der Waals surface area contributed by atoms with E-state index in [1.807, 2.05) is 24.3 Å². The Labute approximate surface area is 260 Å². The maximum atomic E-state index is 12.0. The molecular formula is C34H55BN4O4. The number of hydrogen-bond acceptors (Lipinski definition) is 5. The summed E-state index contributed by atoms with van der Waals surface area (Å²) in [7, 11) is 1.21. The number of nitrogens with zero attached hydrogens (tertiary/aromatic N) is 2. The van der Waals surface area contributed by atoms with Crippen molar-refractivity contribution in [3.8, 4) is 6.07 Å². The topological polar surface area (TPSA) is 104 Å². The van der Waals surface area contributed by atoms with Crippen LogP contribution < -0.4 is 10.6 Å². The molecule has 3 aliphatic carbocycles. The molecule has 2 aliphatic heterocycles. The first-order valence-corrected chi connectivity index (χ1v) is 16.1. The normalized spacial score (nSPS) is 28.2. The first kappa shape index (κ1) is 34.9. The Balaban J connectivity index is 0.000000247. The largest absolute Gasteiger partial charge is 0.482 e. The fourth-order valence-corrected chi connectivity index (χ4v) is 6.84. The number of carbonyl (C=O) groups excluding carboxylic acids is 2. The Morgan fingerprint density at radius 2 is 1.70 bits per heavy atom. The summed E-state index contributed by atoms with van der Waals surface area (Å²) in [6, 6.07) is 11.9. The highest BCUT2D eigenvalue weighted by molar-refractivity contribution is 6.48. The fraction of sp³-hybridized carbons (Fsp3) is 0.735. The summed E-state index contributed by atoms with van der Waals surface area (Å²) in [4.78, 5) is 25.2. The average Bonchev–Trinajstić information content (AvgIpc) is 3.33. The van der Waals surface area contributed by atoms with Gasteiger partial charge in [0.2, 0.25) is 5.91 Å². The van der Waals surface area contributed by atoms with Crippen LogP contribution in [0.25, 0.3) is 0 Å². The Hall–Kier alpha value is -2.57. The molecule has 3 amide bonds. The van der Waals surface area contributed by atoms with Crippen LogP contribution in [0.2, 0.25) is 0 Å². The summed E-state index contributed by atoms with van der Waals surface area (Å²) in [5, 5.41) is 14.2. The van der Waals surface area contributed by atoms with Crippen molar-refractivity contribution in [2.75, 3.05) is 20.1 Å². The Bertz CT molecular complexity index is 1110. The zero-order valence-electron chi connectivity index (χ0n) is 28.0. The molecule has 1 aromatic rings. The van der Waals surface area contributed by atoms with Gasteiger partial charge in [-0.25, -0.2) is 4.79 Å². The zero-order chi connectivity index (χ0) is 32.0. The van der Waals surface area contributed by atoms with Crippen molar-refractivity contribution in [1.29, 1.82) is 5.26 Å². The SMILES string of the molecule is CC(C#N)C(=O)N1CCCCC1.CC(C)(C)C.CNC(=O)NC(Cc1ccccc1)B1O[C@@H]2CC3CC(C3(C)C)[C@]2(C)O1. The highest BCUT2D eigenvalue weighted by Gasteiger charge is 2.68. The second-order valence-corrected chi connectivity index (χ2v) is 15.1. The smallest absolute Gasteiger partial charge is 0.404 e. The van der Waals surface area contributed by atoms with E-state index in [1.54, 1.807) is 18.9 Å². The fourth-order valence-electron chi connectivity index (χ4n) is 6.84. The lowest BCUT2D eigenvalue weighted by atomic mass is 9.43. The molecule has 3 saturated carbocycles. The van der Waals surface area contributed by atoms with Gasteiger partial charge < -0.3 is 24.8 Å². The van der Waals surface area contributed by atoms with Crippen LogP contribution in [0.1, 0.15) is 93.1 Å². The summed E-state index contributed by atoms with van der Waals surface area (Å²) in [5.74, 6) is 0.536. The van der Waals surface area contributed by atoms with Crippen molar-refractivity contribution < 1.29 is 18.9 Å². The summed E-state index contributed by atoms with van der Waals surface area (Å²) in [5.41, 5.74) is 1.71. The molecule has 6 atom stereocenters. The van der Waals surface area contributed by atoms with Crippen molar-refractivity contribution in [1.82, 2.24) is 15.5 Å². The number of hydrogen-bond donors (Lipinski definition) is 2. The van der Waals surface area contributed by atoms with E-state index >= 15 is 0 Å². The summed E-state index contributed by atoms with van der Waals surface area (Å²) in [6.07, 6.45) is 6.46. The number of likely N-dealkylation sites (tertiary alicyclic amines) is 1. The van der Waals surface area contributed by atoms with E-state index in [0.29, 0.717) is 29.1 Å². The number of carbonyl (C=O) groups is 2. The van der Waals surface area contributed by atoms with Gasteiger partial charge in [0, 0.05) is 20.1 Å². The third-order valence-electron chi connectivity index (χ3n) is 9.37. The number of amides is 3. The predicted molar refractivity (Wildman–Crippen MR) is 172 cm³/mol. The van der Waals surface area contributed by atoms with Gasteiger partial charge in [-0.1, -0.05) is 71.9 Å². The Morgan fingerprint density at radius 1 is 1.09 bits per heavy atom. The first-order valence-electron chi connectivity index (χ1n) is 16.1. The highest BCUT2D eigenvalue weighted by atomic mass is 16.7. The highest BCUT2D eigenvalue weighted by Crippen LogP contribution is 2.65. The zero-order valence-corrected chi connectivity index (χ0v) is 28.0. The molecule has 1 aromatic carbocycles. The molecule has 5 aliphatic rings. The van der Waals surface area contributed by atoms with Gasteiger partial charge in [0.05, 0.1) is 23.7 Å². The van der Waals surface area contributed by atoms with Gasteiger partial charge >= 0.3 is 13.1 Å². The summed E-state index contributed by atoms with van der Waals surface area (Å²) < 4.78 is 12.9. The van der Waals surface area contributed by atoms with Crippen molar-refractivity contribution in [3.05, 3.63) is 35.9 Å². The van der Waals surface area contributed by atoms with Gasteiger partial charge in [-0.15, -0.1) is 0 Å². The molecule has 9 heteroatoms. The predicted octanol–water partition coefficient (Wildman–Crippen LogP) is 6.01. The standard InChI is InChI=1S/C20H29BN2O3.C9H14N2O.C5H12/c1-19(2)14-11-15(19)20(3)16(12-14)25-21(26-20)17(23-18(24)22-4)10-13-8-6-5-7-9-13;1-8(7-10)9(12)11-5-3-2-4-6-11;1-5(2,3)4/h5-9,14-17H,10-12H2,1-4H3,(H2,22,23,24);8H,2-6H2,1H3;1-4H3/t14?,15?,16-,17?,20+;;/m1../s1. The molecule has 0 radical (unpaired) electrons. The number of benzene rings is 1. The average molecular weight is 595 g/mol. The van der Waals surface area contributed by atoms with Gasteiger partial charge in [-0.3, -0.25) is 4.79 Å². The van der Waals surface area contributed by atoms with Crippen LogP contribution in [-0.2, 0) is 20.5 Å². The maximum absolute atomic E-state index is 12.0. The van der Waals surface area contributed by atoms with Gasteiger partial charge in [-0.2, -0.15) is 5.26 Å². The molecule has 43 heavy (non-hydrogen) atoms. The lowest BCUT2D eigenvalue weighted by molar-refractivity contribution is -0.199. The van der Waals surface area contributed by atoms with Crippen LogP contribution in [0.5, 0.6) is 0 Å². The minimum atomic E-state index is -0.469. The van der Waals surface area contributed by atoms with E-state index in [-0.39, 0.29) is 29.6 Å². The molecule has 6 rings (SSSR count). The number of urea groups is 1. The molecule has 2 heterocycles. The van der Waals surface area contributed by atoms with Crippen LogP contribution in [0.3, 0.4) is 0 Å². The Morgan fingerprint density at radius 3 is 2.23 bits per heavy atom. The molecule has 5 fully saturated rings. The van der Waals surface area contributed by atoms with E-state index in [0.717, 1.165) is 37.9 Å². The van der Waals surface area contributed by atoms with Crippen molar-refractivity contribution in [3.63, 3.8) is 0 Å². The summed E-state index contributed by atoms with van der Waals surface area (Å²) in [6.45, 7) is 19.0. The molecule has 2 N–H and O–H groups in total. The lowest BCUT2D eigenvalue weighted by Crippen LogP contribution is -2.65. The summed E-state index contributed by atoms with van der Waals surface area (Å²) >= 11 is 0. The second kappa shape index (κ2) is 14.5. The first-order chi connectivity index (χ1) is 20.1.